The molecule has 96 valence electrons. The fraction of sp³-hybridized carbons (Fsp3) is 0.625. The van der Waals surface area contributed by atoms with Gasteiger partial charge < -0.3 is 5.73 Å². The van der Waals surface area contributed by atoms with Gasteiger partial charge in [0, 0.05) is 0 Å². The summed E-state index contributed by atoms with van der Waals surface area (Å²) in [4.78, 5) is 0. The van der Waals surface area contributed by atoms with Crippen molar-refractivity contribution < 1.29 is 0 Å². The minimum absolute atomic E-state index is 0.790. The summed E-state index contributed by atoms with van der Waals surface area (Å²) >= 11 is 0. The molecule has 0 aliphatic carbocycles. The van der Waals surface area contributed by atoms with E-state index in [-0.39, 0.29) is 0 Å². The maximum absolute atomic E-state index is 5.54. The average Bonchev–Trinajstić information content (AvgIpc) is 2.36. The van der Waals surface area contributed by atoms with Gasteiger partial charge in [-0.3, -0.25) is 0 Å². The zero-order chi connectivity index (χ0) is 12.5. The monoisotopic (exact) mass is 233 g/mol. The van der Waals surface area contributed by atoms with Crippen LogP contribution in [-0.4, -0.2) is 6.54 Å². The molecule has 0 bridgehead atoms. The van der Waals surface area contributed by atoms with Gasteiger partial charge in [0.2, 0.25) is 0 Å². The van der Waals surface area contributed by atoms with Crippen molar-refractivity contribution in [2.45, 2.75) is 52.4 Å². The molecular weight excluding hydrogens is 206 g/mol. The molecule has 0 amide bonds. The second kappa shape index (κ2) is 8.30. The smallest absolute Gasteiger partial charge is 0.00741 e. The van der Waals surface area contributed by atoms with Crippen LogP contribution >= 0.6 is 0 Å². The molecule has 0 aliphatic heterocycles. The molecule has 0 fully saturated rings. The molecule has 0 aromatic heterocycles. The summed E-state index contributed by atoms with van der Waals surface area (Å²) in [6, 6.07) is 9.01. The van der Waals surface area contributed by atoms with Crippen molar-refractivity contribution in [1.29, 1.82) is 0 Å². The molecular formula is C16H27N. The third-order valence-corrected chi connectivity index (χ3v) is 3.52. The Morgan fingerprint density at radius 2 is 1.76 bits per heavy atom. The summed E-state index contributed by atoms with van der Waals surface area (Å²) in [6.45, 7) is 5.41. The van der Waals surface area contributed by atoms with E-state index in [1.54, 1.807) is 0 Å². The lowest BCUT2D eigenvalue weighted by Gasteiger charge is -2.08. The third-order valence-electron chi connectivity index (χ3n) is 3.52. The molecule has 1 rings (SSSR count). The summed E-state index contributed by atoms with van der Waals surface area (Å²) in [5.41, 5.74) is 8.47. The number of hydrogen-bond donors (Lipinski definition) is 1. The van der Waals surface area contributed by atoms with E-state index in [4.69, 9.17) is 5.73 Å². The van der Waals surface area contributed by atoms with Crippen LogP contribution in [0.25, 0.3) is 0 Å². The van der Waals surface area contributed by atoms with Crippen LogP contribution in [0.4, 0.5) is 0 Å². The van der Waals surface area contributed by atoms with Gasteiger partial charge in [-0.25, -0.2) is 0 Å². The Bertz CT molecular complexity index is 306. The second-order valence-electron chi connectivity index (χ2n) is 5.12. The summed E-state index contributed by atoms with van der Waals surface area (Å²) < 4.78 is 0. The first kappa shape index (κ1) is 14.2. The Labute approximate surface area is 106 Å². The van der Waals surface area contributed by atoms with Crippen LogP contribution in [0.1, 0.15) is 50.7 Å². The number of rotatable bonds is 8. The van der Waals surface area contributed by atoms with Crippen LogP contribution in [0, 0.1) is 5.92 Å². The van der Waals surface area contributed by atoms with Gasteiger partial charge in [-0.1, -0.05) is 51.0 Å². The summed E-state index contributed by atoms with van der Waals surface area (Å²) in [6.07, 6.45) is 7.41. The molecule has 1 aromatic carbocycles. The molecule has 1 atom stereocenters. The van der Waals surface area contributed by atoms with Crippen LogP contribution in [0.2, 0.25) is 0 Å². The molecule has 1 aromatic rings. The highest BCUT2D eigenvalue weighted by Crippen LogP contribution is 2.14. The van der Waals surface area contributed by atoms with Crippen molar-refractivity contribution in [2.24, 2.45) is 11.7 Å². The van der Waals surface area contributed by atoms with Crippen molar-refractivity contribution in [3.63, 3.8) is 0 Å². The quantitative estimate of drug-likeness (QED) is 0.723. The van der Waals surface area contributed by atoms with Gasteiger partial charge in [0.05, 0.1) is 0 Å². The van der Waals surface area contributed by atoms with Gasteiger partial charge in [-0.05, 0) is 49.3 Å². The highest BCUT2D eigenvalue weighted by molar-refractivity contribution is 5.23. The Balaban J connectivity index is 2.37. The Hall–Kier alpha value is -0.820. The van der Waals surface area contributed by atoms with Gasteiger partial charge in [-0.15, -0.1) is 0 Å². The van der Waals surface area contributed by atoms with Gasteiger partial charge in [-0.2, -0.15) is 0 Å². The molecule has 0 saturated carbocycles. The first-order valence-corrected chi connectivity index (χ1v) is 7.04. The molecule has 1 unspecified atom stereocenters. The van der Waals surface area contributed by atoms with Gasteiger partial charge in [0.25, 0.3) is 0 Å². The van der Waals surface area contributed by atoms with E-state index < -0.39 is 0 Å². The van der Waals surface area contributed by atoms with Gasteiger partial charge >= 0.3 is 0 Å². The first-order chi connectivity index (χ1) is 8.26. The predicted octanol–water partition coefficient (Wildman–Crippen LogP) is 3.95. The van der Waals surface area contributed by atoms with E-state index in [0.717, 1.165) is 25.3 Å². The molecule has 1 nitrogen and oxygen atoms in total. The lowest BCUT2D eigenvalue weighted by molar-refractivity contribution is 0.495. The highest BCUT2D eigenvalue weighted by atomic mass is 14.5. The number of aryl methyl sites for hydroxylation is 2. The summed E-state index contributed by atoms with van der Waals surface area (Å²) in [5.74, 6) is 0.871. The molecule has 17 heavy (non-hydrogen) atoms. The minimum Gasteiger partial charge on any atom is -0.330 e. The maximum Gasteiger partial charge on any atom is -0.00741 e. The first-order valence-electron chi connectivity index (χ1n) is 7.04. The van der Waals surface area contributed by atoms with E-state index in [0.29, 0.717) is 0 Å². The van der Waals surface area contributed by atoms with Gasteiger partial charge in [0.15, 0.2) is 0 Å². The number of hydrogen-bond acceptors (Lipinski definition) is 1. The molecule has 0 radical (unpaired) electrons. The fourth-order valence-corrected chi connectivity index (χ4v) is 2.11. The highest BCUT2D eigenvalue weighted by Gasteiger charge is 2.00. The fourth-order valence-electron chi connectivity index (χ4n) is 2.11. The standard InChI is InChI=1S/C16H27N/c1-3-14(2)7-4-8-15-9-5-10-16(13-15)11-6-12-17/h5,9-10,13-14H,3-4,6-8,11-12,17H2,1-2H3. The number of nitrogens with two attached hydrogens (primary N) is 1. The Morgan fingerprint density at radius 1 is 1.12 bits per heavy atom. The zero-order valence-corrected chi connectivity index (χ0v) is 11.4. The lowest BCUT2D eigenvalue weighted by Crippen LogP contribution is -2.00. The average molecular weight is 233 g/mol. The van der Waals surface area contributed by atoms with Crippen LogP contribution in [0.5, 0.6) is 0 Å². The normalized spacial score (nSPS) is 12.6. The Morgan fingerprint density at radius 3 is 2.35 bits per heavy atom. The lowest BCUT2D eigenvalue weighted by atomic mass is 9.98. The molecule has 2 N–H and O–H groups in total. The van der Waals surface area contributed by atoms with Crippen molar-refractivity contribution in [3.8, 4) is 0 Å². The maximum atomic E-state index is 5.54. The van der Waals surface area contributed by atoms with E-state index in [9.17, 15) is 0 Å². The molecule has 1 heteroatoms. The zero-order valence-electron chi connectivity index (χ0n) is 11.4. The molecule has 0 saturated heterocycles. The summed E-state index contributed by atoms with van der Waals surface area (Å²) in [7, 11) is 0. The van der Waals surface area contributed by atoms with E-state index in [2.05, 4.69) is 38.1 Å². The minimum atomic E-state index is 0.790. The third kappa shape index (κ3) is 5.88. The van der Waals surface area contributed by atoms with Crippen LogP contribution in [-0.2, 0) is 12.8 Å². The van der Waals surface area contributed by atoms with Gasteiger partial charge in [0.1, 0.15) is 0 Å². The molecule has 0 heterocycles. The Kier molecular flexibility index (Phi) is 6.95. The van der Waals surface area contributed by atoms with Crippen molar-refractivity contribution in [3.05, 3.63) is 35.4 Å². The SMILES string of the molecule is CCC(C)CCCc1cccc(CCCN)c1. The predicted molar refractivity (Wildman–Crippen MR) is 76.2 cm³/mol. The topological polar surface area (TPSA) is 26.0 Å². The van der Waals surface area contributed by atoms with Crippen LogP contribution < -0.4 is 5.73 Å². The summed E-state index contributed by atoms with van der Waals surface area (Å²) in [5, 5.41) is 0. The van der Waals surface area contributed by atoms with Crippen LogP contribution in [0.3, 0.4) is 0 Å². The largest absolute Gasteiger partial charge is 0.330 e. The molecule has 0 spiro atoms. The van der Waals surface area contributed by atoms with E-state index >= 15 is 0 Å². The van der Waals surface area contributed by atoms with Crippen molar-refractivity contribution in [2.75, 3.05) is 6.54 Å². The van der Waals surface area contributed by atoms with E-state index in [1.165, 1.54) is 36.8 Å². The second-order valence-corrected chi connectivity index (χ2v) is 5.12. The van der Waals surface area contributed by atoms with Crippen molar-refractivity contribution in [1.82, 2.24) is 0 Å². The van der Waals surface area contributed by atoms with Crippen LogP contribution in [0.15, 0.2) is 24.3 Å². The number of benzene rings is 1. The van der Waals surface area contributed by atoms with Crippen molar-refractivity contribution >= 4 is 0 Å². The molecule has 0 aliphatic rings. The van der Waals surface area contributed by atoms with E-state index in [1.807, 2.05) is 0 Å².